The molecular weight excluding hydrogens is 112 g/mol. The van der Waals surface area contributed by atoms with Crippen molar-refractivity contribution in [3.8, 4) is 0 Å². The maximum atomic E-state index is 2.31. The van der Waals surface area contributed by atoms with Gasteiger partial charge in [0.2, 0.25) is 5.84 Å². The fourth-order valence-electron chi connectivity index (χ4n) is 1.24. The average molecular weight is 128 g/mol. The molecule has 1 aliphatic rings. The maximum absolute atomic E-state index is 2.31. The van der Waals surface area contributed by atoms with Crippen LogP contribution in [0.4, 0.5) is 0 Å². The van der Waals surface area contributed by atoms with Gasteiger partial charge in [-0.25, -0.2) is 0 Å². The number of rotatable bonds is 0. The molecule has 0 saturated carbocycles. The van der Waals surface area contributed by atoms with Crippen molar-refractivity contribution in [1.29, 1.82) is 0 Å². The van der Waals surface area contributed by atoms with Crippen LogP contribution in [0.15, 0.2) is 0 Å². The van der Waals surface area contributed by atoms with E-state index in [1.54, 1.807) is 0 Å². The summed E-state index contributed by atoms with van der Waals surface area (Å²) in [5.74, 6) is 1.38. The third-order valence-electron chi connectivity index (χ3n) is 2.26. The zero-order valence-electron chi connectivity index (χ0n) is 7.68. The van der Waals surface area contributed by atoms with Gasteiger partial charge in [-0.3, -0.25) is 9.48 Å². The van der Waals surface area contributed by atoms with Gasteiger partial charge in [0.15, 0.2) is 0 Å². The van der Waals surface area contributed by atoms with Gasteiger partial charge in [0.1, 0.15) is 12.6 Å². The Morgan fingerprint density at radius 2 is 2.33 bits per heavy atom. The van der Waals surface area contributed by atoms with Crippen LogP contribution < -0.4 is 0 Å². The monoisotopic (exact) mass is 128 g/mol. The fraction of sp³-hybridized carbons (Fsp3) is 0.857. The van der Waals surface area contributed by atoms with Gasteiger partial charge in [0, 0.05) is 6.92 Å². The molecule has 0 aliphatic carbocycles. The van der Waals surface area contributed by atoms with Gasteiger partial charge >= 0.3 is 1.43 Å². The highest BCUT2D eigenvalue weighted by atomic mass is 15.3. The number of amidine groups is 1. The molecule has 0 amide bonds. The lowest BCUT2D eigenvalue weighted by molar-refractivity contribution is -0.490. The van der Waals surface area contributed by atoms with Gasteiger partial charge in [0.25, 0.3) is 0 Å². The average Bonchev–Trinajstić information content (AvgIpc) is 1.98. The van der Waals surface area contributed by atoms with Gasteiger partial charge in [-0.15, -0.1) is 0 Å². The lowest BCUT2D eigenvalue weighted by atomic mass is 10.3. The Kier molecular flexibility index (Phi) is 1.47. The molecule has 1 atom stereocenters. The van der Waals surface area contributed by atoms with Crippen molar-refractivity contribution in [3.05, 3.63) is 0 Å². The van der Waals surface area contributed by atoms with Crippen molar-refractivity contribution in [2.75, 3.05) is 20.6 Å². The molecule has 0 aromatic heterocycles. The predicted molar refractivity (Wildman–Crippen MR) is 40.1 cm³/mol. The number of nitrogens with zero attached hydrogens (tertiary/aromatic N) is 2. The first-order valence-corrected chi connectivity index (χ1v) is 3.40. The number of hydrogen-bond acceptors (Lipinski definition) is 1. The zero-order chi connectivity index (χ0) is 7.02. The van der Waals surface area contributed by atoms with Crippen molar-refractivity contribution in [2.24, 2.45) is 0 Å². The van der Waals surface area contributed by atoms with E-state index in [-0.39, 0.29) is 1.43 Å². The highest BCUT2D eigenvalue weighted by molar-refractivity contribution is 5.75. The summed E-state index contributed by atoms with van der Waals surface area (Å²) in [6.07, 6.45) is 0. The highest BCUT2D eigenvalue weighted by Gasteiger charge is 2.27. The van der Waals surface area contributed by atoms with E-state index < -0.39 is 0 Å². The van der Waals surface area contributed by atoms with Gasteiger partial charge in [-0.1, -0.05) is 0 Å². The second kappa shape index (κ2) is 2.01. The van der Waals surface area contributed by atoms with Crippen LogP contribution in [0.2, 0.25) is 0 Å². The van der Waals surface area contributed by atoms with Crippen molar-refractivity contribution in [3.63, 3.8) is 0 Å². The van der Waals surface area contributed by atoms with E-state index in [9.17, 15) is 0 Å². The van der Waals surface area contributed by atoms with Crippen LogP contribution in [-0.2, 0) is 0 Å². The molecule has 0 fully saturated rings. The summed E-state index contributed by atoms with van der Waals surface area (Å²) < 4.78 is 2.28. The minimum atomic E-state index is 0. The Balaban J connectivity index is 0.000000810. The summed E-state index contributed by atoms with van der Waals surface area (Å²) >= 11 is 0. The first-order chi connectivity index (χ1) is 4.13. The SMILES string of the molecule is CC1=[N+](C)CC(C)N1C.[H+]. The van der Waals surface area contributed by atoms with Gasteiger partial charge in [-0.05, 0) is 6.92 Å². The zero-order valence-corrected chi connectivity index (χ0v) is 6.68. The van der Waals surface area contributed by atoms with E-state index in [0.29, 0.717) is 6.04 Å². The molecule has 0 aromatic carbocycles. The Morgan fingerprint density at radius 3 is 2.44 bits per heavy atom. The number of likely N-dealkylation sites (N-methyl/N-ethyl adjacent to an activating group) is 2. The molecule has 1 aliphatic heterocycles. The van der Waals surface area contributed by atoms with E-state index in [0.717, 1.165) is 0 Å². The van der Waals surface area contributed by atoms with E-state index in [4.69, 9.17) is 0 Å². The molecule has 9 heavy (non-hydrogen) atoms. The van der Waals surface area contributed by atoms with Gasteiger partial charge < -0.3 is 0 Å². The van der Waals surface area contributed by atoms with Crippen molar-refractivity contribution >= 4 is 5.84 Å². The standard InChI is InChI=1S/C7H15N2/c1-6-5-8(3)7(2)9(6)4/h6H,5H2,1-4H3/q+1/p+1. The van der Waals surface area contributed by atoms with Gasteiger partial charge in [-0.2, -0.15) is 0 Å². The van der Waals surface area contributed by atoms with Crippen LogP contribution in [-0.4, -0.2) is 42.0 Å². The molecule has 0 N–H and O–H groups in total. The normalized spacial score (nSPS) is 28.0. The summed E-state index contributed by atoms with van der Waals surface area (Å²) in [5, 5.41) is 0. The molecule has 0 radical (unpaired) electrons. The van der Waals surface area contributed by atoms with Crippen LogP contribution >= 0.6 is 0 Å². The Hall–Kier alpha value is -0.530. The topological polar surface area (TPSA) is 6.25 Å². The molecule has 52 valence electrons. The highest BCUT2D eigenvalue weighted by Crippen LogP contribution is 2.04. The number of hydrogen-bond donors (Lipinski definition) is 0. The van der Waals surface area contributed by atoms with Gasteiger partial charge in [0.05, 0.1) is 14.1 Å². The summed E-state index contributed by atoms with van der Waals surface area (Å²) in [5.41, 5.74) is 0. The first-order valence-electron chi connectivity index (χ1n) is 3.40. The van der Waals surface area contributed by atoms with E-state index in [1.165, 1.54) is 12.4 Å². The predicted octanol–water partition coefficient (Wildman–Crippen LogP) is 0.494. The Morgan fingerprint density at radius 1 is 1.78 bits per heavy atom. The minimum absolute atomic E-state index is 0. The summed E-state index contributed by atoms with van der Waals surface area (Å²) in [6, 6.07) is 0.690. The molecule has 2 heteroatoms. The van der Waals surface area contributed by atoms with Crippen LogP contribution in [0.25, 0.3) is 0 Å². The lowest BCUT2D eigenvalue weighted by Gasteiger charge is -2.07. The Labute approximate surface area is 58.3 Å². The van der Waals surface area contributed by atoms with E-state index in [1.807, 2.05) is 0 Å². The van der Waals surface area contributed by atoms with Crippen LogP contribution in [0.3, 0.4) is 0 Å². The molecule has 0 spiro atoms. The van der Waals surface area contributed by atoms with E-state index in [2.05, 4.69) is 37.4 Å². The largest absolute Gasteiger partial charge is 1.00 e. The third kappa shape index (κ3) is 0.934. The summed E-state index contributed by atoms with van der Waals surface area (Å²) in [7, 11) is 4.28. The van der Waals surface area contributed by atoms with Crippen LogP contribution in [0.5, 0.6) is 0 Å². The van der Waals surface area contributed by atoms with Crippen molar-refractivity contribution < 1.29 is 6.00 Å². The molecule has 0 saturated heterocycles. The van der Waals surface area contributed by atoms with Crippen molar-refractivity contribution in [2.45, 2.75) is 19.9 Å². The smallest absolute Gasteiger partial charge is 0.264 e. The summed E-state index contributed by atoms with van der Waals surface area (Å²) in [6.45, 7) is 5.57. The second-order valence-corrected chi connectivity index (χ2v) is 2.89. The Bertz CT molecular complexity index is 154. The molecule has 1 heterocycles. The second-order valence-electron chi connectivity index (χ2n) is 2.89. The molecule has 0 aromatic rings. The first kappa shape index (κ1) is 6.59. The van der Waals surface area contributed by atoms with Crippen molar-refractivity contribution in [1.82, 2.24) is 4.90 Å². The fourth-order valence-corrected chi connectivity index (χ4v) is 1.24. The molecule has 1 rings (SSSR count). The molecule has 0 bridgehead atoms. The quantitative estimate of drug-likeness (QED) is 0.430. The maximum Gasteiger partial charge on any atom is 1.00 e. The molecule has 1 unspecified atom stereocenters. The van der Waals surface area contributed by atoms with Crippen LogP contribution in [0, 0.1) is 0 Å². The molecular formula is C7H16N2+2. The van der Waals surface area contributed by atoms with Crippen LogP contribution in [0.1, 0.15) is 15.3 Å². The third-order valence-corrected chi connectivity index (χ3v) is 2.26. The summed E-state index contributed by atoms with van der Waals surface area (Å²) in [4.78, 5) is 2.31. The molecule has 2 nitrogen and oxygen atoms in total. The lowest BCUT2D eigenvalue weighted by Crippen LogP contribution is -2.28. The minimum Gasteiger partial charge on any atom is -0.264 e. The van der Waals surface area contributed by atoms with E-state index >= 15 is 0 Å².